The smallest absolute Gasteiger partial charge is 0.255 e. The lowest BCUT2D eigenvalue weighted by Gasteiger charge is -2.41. The maximum atomic E-state index is 13.6. The Balaban J connectivity index is 1.76. The maximum Gasteiger partial charge on any atom is 0.255 e. The minimum absolute atomic E-state index is 0.146. The number of nitriles is 1. The van der Waals surface area contributed by atoms with Gasteiger partial charge in [-0.05, 0) is 55.5 Å². The van der Waals surface area contributed by atoms with Gasteiger partial charge in [0.2, 0.25) is 12.2 Å². The van der Waals surface area contributed by atoms with Gasteiger partial charge in [0.05, 0.1) is 12.7 Å². The lowest BCUT2D eigenvalue weighted by molar-refractivity contribution is 0.0932. The molecule has 168 valence electrons. The molecule has 0 bridgehead atoms. The van der Waals surface area contributed by atoms with Crippen molar-refractivity contribution in [2.75, 3.05) is 20.7 Å². The predicted molar refractivity (Wildman–Crippen MR) is 121 cm³/mol. The molecule has 3 N–H and O–H groups in total. The van der Waals surface area contributed by atoms with E-state index in [0.29, 0.717) is 23.8 Å². The number of ether oxygens (including phenoxy) is 1. The van der Waals surface area contributed by atoms with Crippen molar-refractivity contribution in [2.24, 2.45) is 4.99 Å². The number of rotatable bonds is 6. The second kappa shape index (κ2) is 10.6. The Morgan fingerprint density at radius 3 is 2.53 bits per heavy atom. The molecule has 0 atom stereocenters. The zero-order valence-corrected chi connectivity index (χ0v) is 18.3. The zero-order valence-electron chi connectivity index (χ0n) is 18.3. The quantitative estimate of drug-likeness (QED) is 0.367. The van der Waals surface area contributed by atoms with E-state index in [0.717, 1.165) is 31.2 Å². The average molecular weight is 438 g/mol. The van der Waals surface area contributed by atoms with E-state index >= 15 is 0 Å². The molecule has 3 rings (SSSR count). The number of methoxy groups -OCH3 is 1. The van der Waals surface area contributed by atoms with Gasteiger partial charge < -0.3 is 20.7 Å². The highest BCUT2D eigenvalue weighted by atomic mass is 19.1. The molecule has 1 aliphatic carbocycles. The highest BCUT2D eigenvalue weighted by molar-refractivity contribution is 5.97. The van der Waals surface area contributed by atoms with Crippen molar-refractivity contribution in [1.29, 1.82) is 5.26 Å². The minimum Gasteiger partial charge on any atom is -0.496 e. The van der Waals surface area contributed by atoms with E-state index in [1.807, 2.05) is 6.07 Å². The number of amides is 1. The van der Waals surface area contributed by atoms with Crippen LogP contribution < -0.4 is 20.7 Å². The van der Waals surface area contributed by atoms with Crippen LogP contribution in [0.3, 0.4) is 0 Å². The second-order valence-electron chi connectivity index (χ2n) is 7.90. The standard InChI is InChI=1S/C24H28FN5O2/c1-27-23(29-16-26)30-19-11-13-24(14-12-19,17-7-9-18(25)10-8-17)15-28-22(31)20-5-3-4-6-21(20)32-2/h3-10,19H,11-15H2,1-2H3,(H,28,31)(H2,27,29,30)/t19-,24-. The normalized spacial score (nSPS) is 20.7. The number of hydrogen-bond acceptors (Lipinski definition) is 4. The summed E-state index contributed by atoms with van der Waals surface area (Å²) in [6, 6.07) is 13.8. The summed E-state index contributed by atoms with van der Waals surface area (Å²) in [5, 5.41) is 18.0. The van der Waals surface area contributed by atoms with Crippen molar-refractivity contribution < 1.29 is 13.9 Å². The SMILES string of the molecule is CN/C(=N\C#N)N[C@H]1CC[C@](CNC(=O)c2ccccc2OC)(c2ccc(F)cc2)CC1. The van der Waals surface area contributed by atoms with Gasteiger partial charge in [-0.1, -0.05) is 24.3 Å². The Labute approximate surface area is 187 Å². The van der Waals surface area contributed by atoms with Gasteiger partial charge in [0.25, 0.3) is 5.91 Å². The third kappa shape index (κ3) is 5.35. The lowest BCUT2D eigenvalue weighted by Crippen LogP contribution is -2.49. The molecule has 0 spiro atoms. The summed E-state index contributed by atoms with van der Waals surface area (Å²) in [6.07, 6.45) is 4.98. The van der Waals surface area contributed by atoms with Crippen LogP contribution in [-0.2, 0) is 5.41 Å². The highest BCUT2D eigenvalue weighted by Gasteiger charge is 2.37. The molecular formula is C24H28FN5O2. The first kappa shape index (κ1) is 23.1. The number of nitrogens with one attached hydrogen (secondary N) is 3. The van der Waals surface area contributed by atoms with Crippen LogP contribution in [0.1, 0.15) is 41.6 Å². The highest BCUT2D eigenvalue weighted by Crippen LogP contribution is 2.39. The Morgan fingerprint density at radius 2 is 1.91 bits per heavy atom. The van der Waals surface area contributed by atoms with Crippen molar-refractivity contribution in [3.8, 4) is 11.9 Å². The molecule has 7 nitrogen and oxygen atoms in total. The van der Waals surface area contributed by atoms with E-state index in [1.54, 1.807) is 43.6 Å². The van der Waals surface area contributed by atoms with Crippen molar-refractivity contribution in [2.45, 2.75) is 37.1 Å². The fourth-order valence-electron chi connectivity index (χ4n) is 4.27. The minimum atomic E-state index is -0.324. The van der Waals surface area contributed by atoms with E-state index in [-0.39, 0.29) is 23.2 Å². The first-order valence-corrected chi connectivity index (χ1v) is 10.6. The van der Waals surface area contributed by atoms with Gasteiger partial charge in [-0.3, -0.25) is 4.79 Å². The molecule has 0 unspecified atom stereocenters. The number of carbonyl (C=O) groups is 1. The second-order valence-corrected chi connectivity index (χ2v) is 7.90. The molecule has 1 aliphatic rings. The Kier molecular flexibility index (Phi) is 7.66. The summed E-state index contributed by atoms with van der Waals surface area (Å²) in [5.41, 5.74) is 1.15. The van der Waals surface area contributed by atoms with Crippen molar-refractivity contribution in [3.05, 3.63) is 65.5 Å². The van der Waals surface area contributed by atoms with Crippen molar-refractivity contribution in [1.82, 2.24) is 16.0 Å². The van der Waals surface area contributed by atoms with Gasteiger partial charge in [0.1, 0.15) is 11.6 Å². The van der Waals surface area contributed by atoms with Gasteiger partial charge in [0.15, 0.2) is 0 Å². The van der Waals surface area contributed by atoms with E-state index in [9.17, 15) is 9.18 Å². The molecule has 2 aromatic rings. The van der Waals surface area contributed by atoms with Gasteiger partial charge in [-0.2, -0.15) is 5.26 Å². The molecule has 0 saturated heterocycles. The van der Waals surface area contributed by atoms with Crippen LogP contribution in [0.15, 0.2) is 53.5 Å². The third-order valence-electron chi connectivity index (χ3n) is 6.08. The lowest BCUT2D eigenvalue weighted by atomic mass is 9.68. The predicted octanol–water partition coefficient (Wildman–Crippen LogP) is 3.09. The molecular weight excluding hydrogens is 409 g/mol. The van der Waals surface area contributed by atoms with E-state index in [4.69, 9.17) is 10.00 Å². The molecule has 0 radical (unpaired) electrons. The van der Waals surface area contributed by atoms with Crippen molar-refractivity contribution >= 4 is 11.9 Å². The van der Waals surface area contributed by atoms with Crippen LogP contribution in [0.2, 0.25) is 0 Å². The van der Waals surface area contributed by atoms with Gasteiger partial charge in [0, 0.05) is 25.0 Å². The van der Waals surface area contributed by atoms with E-state index in [1.165, 1.54) is 19.2 Å². The van der Waals surface area contributed by atoms with E-state index < -0.39 is 0 Å². The molecule has 8 heteroatoms. The summed E-state index contributed by atoms with van der Waals surface area (Å²) in [5.74, 6) is 0.466. The third-order valence-corrected chi connectivity index (χ3v) is 6.08. The molecule has 0 aromatic heterocycles. The number of aliphatic imine (C=N–C) groups is 1. The maximum absolute atomic E-state index is 13.6. The van der Waals surface area contributed by atoms with Gasteiger partial charge in [-0.15, -0.1) is 4.99 Å². The Morgan fingerprint density at radius 1 is 1.22 bits per heavy atom. The summed E-state index contributed by atoms with van der Waals surface area (Å²) < 4.78 is 18.9. The number of guanidine groups is 1. The number of hydrogen-bond donors (Lipinski definition) is 3. The van der Waals surface area contributed by atoms with E-state index in [2.05, 4.69) is 20.9 Å². The first-order chi connectivity index (χ1) is 15.5. The number of nitrogens with zero attached hydrogens (tertiary/aromatic N) is 2. The summed E-state index contributed by atoms with van der Waals surface area (Å²) in [4.78, 5) is 16.6. The largest absolute Gasteiger partial charge is 0.496 e. The van der Waals surface area contributed by atoms with Gasteiger partial charge in [-0.25, -0.2) is 4.39 Å². The first-order valence-electron chi connectivity index (χ1n) is 10.6. The van der Waals surface area contributed by atoms with Crippen LogP contribution in [0.5, 0.6) is 5.75 Å². The van der Waals surface area contributed by atoms with Gasteiger partial charge >= 0.3 is 0 Å². The topological polar surface area (TPSA) is 98.5 Å². The van der Waals surface area contributed by atoms with Crippen molar-refractivity contribution in [3.63, 3.8) is 0 Å². The molecule has 1 saturated carbocycles. The fourth-order valence-corrected chi connectivity index (χ4v) is 4.27. The number of halogens is 1. The van der Waals surface area contributed by atoms with Crippen LogP contribution in [0, 0.1) is 17.3 Å². The molecule has 2 aromatic carbocycles. The van der Waals surface area contributed by atoms with Crippen LogP contribution >= 0.6 is 0 Å². The Hall–Kier alpha value is -3.60. The Bertz CT molecular complexity index is 992. The van der Waals surface area contributed by atoms with Crippen LogP contribution in [-0.4, -0.2) is 38.6 Å². The number of carbonyl (C=O) groups excluding carboxylic acids is 1. The molecule has 1 amide bonds. The summed E-state index contributed by atoms with van der Waals surface area (Å²) >= 11 is 0. The molecule has 1 fully saturated rings. The molecule has 32 heavy (non-hydrogen) atoms. The zero-order chi connectivity index (χ0) is 23.0. The summed E-state index contributed by atoms with van der Waals surface area (Å²) in [7, 11) is 3.25. The number of benzene rings is 2. The van der Waals surface area contributed by atoms with Crippen LogP contribution in [0.25, 0.3) is 0 Å². The average Bonchev–Trinajstić information content (AvgIpc) is 2.83. The monoisotopic (exact) mass is 437 g/mol. The van der Waals surface area contributed by atoms with Crippen LogP contribution in [0.4, 0.5) is 4.39 Å². The molecule has 0 heterocycles. The summed E-state index contributed by atoms with van der Waals surface area (Å²) in [6.45, 7) is 0.424. The fraction of sp³-hybridized carbons (Fsp3) is 0.375. The number of para-hydroxylation sites is 1. The molecule has 0 aliphatic heterocycles.